The molecule has 1 fully saturated rings. The van der Waals surface area contributed by atoms with Crippen molar-refractivity contribution in [2.24, 2.45) is 5.73 Å². The molecule has 1 aliphatic rings. The molecular weight excluding hydrogens is 445 g/mol. The number of hydrogen-bond donors (Lipinski definition) is 1. The lowest BCUT2D eigenvalue weighted by atomic mass is 9.97. The van der Waals surface area contributed by atoms with Crippen LogP contribution in [0.4, 0.5) is 0 Å². The van der Waals surface area contributed by atoms with Crippen LogP contribution in [0.2, 0.25) is 10.0 Å². The van der Waals surface area contributed by atoms with Crippen LogP contribution in [0.5, 0.6) is 0 Å². The van der Waals surface area contributed by atoms with E-state index in [9.17, 15) is 14.4 Å². The summed E-state index contributed by atoms with van der Waals surface area (Å²) in [6, 6.07) is 3.94. The van der Waals surface area contributed by atoms with Gasteiger partial charge in [0.25, 0.3) is 0 Å². The van der Waals surface area contributed by atoms with E-state index >= 15 is 0 Å². The largest absolute Gasteiger partial charge is 0.463 e. The van der Waals surface area contributed by atoms with Crippen LogP contribution < -0.4 is 5.73 Å². The van der Waals surface area contributed by atoms with Crippen molar-refractivity contribution in [3.05, 3.63) is 28.2 Å². The van der Waals surface area contributed by atoms with Gasteiger partial charge in [-0.1, -0.05) is 35.0 Å². The van der Waals surface area contributed by atoms with Crippen LogP contribution in [0.25, 0.3) is 0 Å². The molecule has 0 aromatic heterocycles. The minimum Gasteiger partial charge on any atom is -0.463 e. The summed E-state index contributed by atoms with van der Waals surface area (Å²) < 4.78 is 21.6. The first-order valence-electron chi connectivity index (χ1n) is 8.59. The van der Waals surface area contributed by atoms with Crippen molar-refractivity contribution in [3.8, 4) is 0 Å². The first-order valence-corrected chi connectivity index (χ1v) is 10.2. The van der Waals surface area contributed by atoms with Gasteiger partial charge in [0.15, 0.2) is 6.10 Å². The van der Waals surface area contributed by atoms with Crippen molar-refractivity contribution in [2.45, 2.75) is 55.5 Å². The van der Waals surface area contributed by atoms with Crippen molar-refractivity contribution >= 4 is 52.9 Å². The number of carbonyl (C=O) groups is 3. The van der Waals surface area contributed by atoms with Crippen molar-refractivity contribution < 1.29 is 33.3 Å². The van der Waals surface area contributed by atoms with Gasteiger partial charge in [-0.05, 0) is 18.2 Å². The second-order valence-electron chi connectivity index (χ2n) is 6.26. The van der Waals surface area contributed by atoms with Crippen LogP contribution >= 0.6 is 35.0 Å². The van der Waals surface area contributed by atoms with Crippen molar-refractivity contribution in [1.82, 2.24) is 0 Å². The lowest BCUT2D eigenvalue weighted by Crippen LogP contribution is -2.63. The zero-order valence-corrected chi connectivity index (χ0v) is 18.3. The van der Waals surface area contributed by atoms with Crippen molar-refractivity contribution in [2.75, 3.05) is 6.61 Å². The number of nitrogens with two attached hydrogens (primary N) is 1. The maximum Gasteiger partial charge on any atom is 0.303 e. The van der Waals surface area contributed by atoms with E-state index in [4.69, 9.17) is 47.9 Å². The Kier molecular flexibility index (Phi) is 8.59. The summed E-state index contributed by atoms with van der Waals surface area (Å²) in [5, 5.41) is 0.868. The Bertz CT molecular complexity index is 777. The highest BCUT2D eigenvalue weighted by Gasteiger charge is 2.48. The highest BCUT2D eigenvalue weighted by atomic mass is 35.5. The molecule has 5 unspecified atom stereocenters. The predicted molar refractivity (Wildman–Crippen MR) is 107 cm³/mol. The number of benzene rings is 1. The van der Waals surface area contributed by atoms with Gasteiger partial charge in [0.05, 0.1) is 11.1 Å². The molecule has 1 aromatic carbocycles. The minimum atomic E-state index is -0.997. The summed E-state index contributed by atoms with van der Waals surface area (Å²) in [5.74, 6) is -1.72. The maximum absolute atomic E-state index is 11.6. The molecule has 0 radical (unpaired) electrons. The van der Waals surface area contributed by atoms with Crippen LogP contribution in [-0.2, 0) is 33.3 Å². The molecule has 0 spiro atoms. The summed E-state index contributed by atoms with van der Waals surface area (Å²) in [7, 11) is 0. The Morgan fingerprint density at radius 2 is 1.69 bits per heavy atom. The third-order valence-corrected chi connectivity index (χ3v) is 5.77. The quantitative estimate of drug-likeness (QED) is 0.499. The number of thioether (sulfide) groups is 1. The molecule has 0 aliphatic carbocycles. The topological polar surface area (TPSA) is 114 Å². The summed E-state index contributed by atoms with van der Waals surface area (Å²) in [4.78, 5) is 35.0. The molecular formula is C18H21Cl2NO7S. The van der Waals surface area contributed by atoms with Gasteiger partial charge in [0.2, 0.25) is 0 Å². The third kappa shape index (κ3) is 6.75. The smallest absolute Gasteiger partial charge is 0.303 e. The molecule has 2 rings (SSSR count). The number of esters is 3. The van der Waals surface area contributed by atoms with Gasteiger partial charge < -0.3 is 24.7 Å². The van der Waals surface area contributed by atoms with E-state index in [-0.39, 0.29) is 6.61 Å². The minimum absolute atomic E-state index is 0.200. The molecule has 11 heteroatoms. The Morgan fingerprint density at radius 3 is 2.28 bits per heavy atom. The van der Waals surface area contributed by atoms with Gasteiger partial charge in [0, 0.05) is 30.7 Å². The van der Waals surface area contributed by atoms with Gasteiger partial charge in [-0.15, -0.1) is 0 Å². The van der Waals surface area contributed by atoms with Gasteiger partial charge in [-0.3, -0.25) is 14.4 Å². The standard InChI is InChI=1S/C18H21Cl2NO7S/c1-8(22)25-7-13-16(26-9(2)23)15(21)17(27-10(3)24)18(28-13)29-14-6-11(19)4-5-12(14)20/h4-6,13,15-18H,7,21H2,1-3H3. The summed E-state index contributed by atoms with van der Waals surface area (Å²) >= 11 is 13.4. The molecule has 5 atom stereocenters. The monoisotopic (exact) mass is 465 g/mol. The summed E-state index contributed by atoms with van der Waals surface area (Å²) in [5.41, 5.74) is 5.46. The van der Waals surface area contributed by atoms with Crippen molar-refractivity contribution in [3.63, 3.8) is 0 Å². The van der Waals surface area contributed by atoms with Crippen LogP contribution in [0.1, 0.15) is 20.8 Å². The normalized spacial score (nSPS) is 26.5. The first-order chi connectivity index (χ1) is 13.6. The molecule has 160 valence electrons. The molecule has 29 heavy (non-hydrogen) atoms. The van der Waals surface area contributed by atoms with Crippen LogP contribution in [0.3, 0.4) is 0 Å². The number of carbonyl (C=O) groups excluding carboxylic acids is 3. The number of halogens is 2. The van der Waals surface area contributed by atoms with Gasteiger partial charge >= 0.3 is 17.9 Å². The average molecular weight is 466 g/mol. The molecule has 0 saturated carbocycles. The number of hydrogen-bond acceptors (Lipinski definition) is 9. The van der Waals surface area contributed by atoms with E-state index in [1.807, 2.05) is 0 Å². The zero-order valence-electron chi connectivity index (χ0n) is 15.9. The van der Waals surface area contributed by atoms with Gasteiger partial charge in [0.1, 0.15) is 24.3 Å². The second-order valence-corrected chi connectivity index (χ2v) is 8.25. The zero-order chi connectivity index (χ0) is 21.7. The van der Waals surface area contributed by atoms with E-state index < -0.39 is 47.7 Å². The van der Waals surface area contributed by atoms with E-state index in [0.717, 1.165) is 11.8 Å². The fraction of sp³-hybridized carbons (Fsp3) is 0.500. The van der Waals surface area contributed by atoms with Crippen molar-refractivity contribution in [1.29, 1.82) is 0 Å². The van der Waals surface area contributed by atoms with E-state index in [0.29, 0.717) is 14.9 Å². The molecule has 8 nitrogen and oxygen atoms in total. The first kappa shape index (κ1) is 23.8. The number of ether oxygens (including phenoxy) is 4. The van der Waals surface area contributed by atoms with Gasteiger partial charge in [-0.25, -0.2) is 0 Å². The van der Waals surface area contributed by atoms with E-state index in [2.05, 4.69) is 0 Å². The molecule has 0 bridgehead atoms. The lowest BCUT2D eigenvalue weighted by Gasteiger charge is -2.43. The maximum atomic E-state index is 11.6. The molecule has 0 amide bonds. The Morgan fingerprint density at radius 1 is 1.07 bits per heavy atom. The highest BCUT2D eigenvalue weighted by molar-refractivity contribution is 8.00. The van der Waals surface area contributed by atoms with Crippen LogP contribution in [0.15, 0.2) is 23.1 Å². The predicted octanol–water partition coefficient (Wildman–Crippen LogP) is 2.56. The third-order valence-electron chi connectivity index (χ3n) is 3.89. The fourth-order valence-corrected chi connectivity index (χ4v) is 4.42. The Labute approximate surface area is 182 Å². The van der Waals surface area contributed by atoms with Crippen LogP contribution in [-0.4, -0.2) is 54.3 Å². The lowest BCUT2D eigenvalue weighted by molar-refractivity contribution is -0.201. The van der Waals surface area contributed by atoms with E-state index in [1.165, 1.54) is 20.8 Å². The Balaban J connectivity index is 2.34. The van der Waals surface area contributed by atoms with E-state index in [1.54, 1.807) is 18.2 Å². The second kappa shape index (κ2) is 10.5. The molecule has 1 aliphatic heterocycles. The summed E-state index contributed by atoms with van der Waals surface area (Å²) in [6.45, 7) is 3.48. The molecule has 2 N–H and O–H groups in total. The summed E-state index contributed by atoms with van der Waals surface area (Å²) in [6.07, 6.45) is -2.84. The molecule has 1 saturated heterocycles. The number of rotatable bonds is 6. The molecule has 1 heterocycles. The highest BCUT2D eigenvalue weighted by Crippen LogP contribution is 2.39. The average Bonchev–Trinajstić information content (AvgIpc) is 2.61. The SMILES string of the molecule is CC(=O)OCC1OC(Sc2cc(Cl)ccc2Cl)C(OC(C)=O)C(N)C1OC(C)=O. The fourth-order valence-electron chi connectivity index (χ4n) is 2.74. The van der Waals surface area contributed by atoms with Crippen LogP contribution in [0, 0.1) is 0 Å². The molecule has 1 aromatic rings. The Hall–Kier alpha value is -1.52. The van der Waals surface area contributed by atoms with Gasteiger partial charge in [-0.2, -0.15) is 0 Å².